The van der Waals surface area contributed by atoms with Gasteiger partial charge >= 0.3 is 12.0 Å². The Bertz CT molecular complexity index is 939. The van der Waals surface area contributed by atoms with Crippen molar-refractivity contribution in [1.82, 2.24) is 15.5 Å². The zero-order valence-corrected chi connectivity index (χ0v) is 18.5. The average Bonchev–Trinajstić information content (AvgIpc) is 2.74. The summed E-state index contributed by atoms with van der Waals surface area (Å²) >= 11 is 0. The number of ether oxygens (including phenoxy) is 1. The number of amides is 2. The highest BCUT2D eigenvalue weighted by atomic mass is 16.5. The van der Waals surface area contributed by atoms with E-state index in [1.165, 1.54) is 0 Å². The van der Waals surface area contributed by atoms with E-state index >= 15 is 0 Å². The van der Waals surface area contributed by atoms with Gasteiger partial charge in [-0.3, -0.25) is 4.90 Å². The number of carbonyl (C=O) groups excluding carboxylic acids is 2. The monoisotopic (exact) mass is 422 g/mol. The molecule has 1 aliphatic rings. The van der Waals surface area contributed by atoms with Gasteiger partial charge in [0.1, 0.15) is 0 Å². The summed E-state index contributed by atoms with van der Waals surface area (Å²) in [5.74, 6) is -0.428. The molecule has 0 radical (unpaired) electrons. The van der Waals surface area contributed by atoms with Crippen LogP contribution < -0.4 is 15.5 Å². The van der Waals surface area contributed by atoms with Crippen molar-refractivity contribution in [3.63, 3.8) is 0 Å². The fraction of sp³-hybridized carbons (Fsp3) is 0.333. The van der Waals surface area contributed by atoms with E-state index in [9.17, 15) is 9.59 Å². The summed E-state index contributed by atoms with van der Waals surface area (Å²) in [5, 5.41) is 5.69. The van der Waals surface area contributed by atoms with Crippen LogP contribution in [0.5, 0.6) is 0 Å². The van der Waals surface area contributed by atoms with Crippen molar-refractivity contribution in [2.45, 2.75) is 19.5 Å². The molecule has 164 valence electrons. The Labute approximate surface area is 183 Å². The normalized spacial score (nSPS) is 16.0. The van der Waals surface area contributed by atoms with Crippen LogP contribution in [0.4, 0.5) is 10.5 Å². The number of rotatable bonds is 8. The van der Waals surface area contributed by atoms with Gasteiger partial charge in [-0.15, -0.1) is 0 Å². The molecule has 0 fully saturated rings. The van der Waals surface area contributed by atoms with Crippen molar-refractivity contribution < 1.29 is 14.3 Å². The maximum absolute atomic E-state index is 12.8. The fourth-order valence-corrected chi connectivity index (χ4v) is 3.63. The van der Waals surface area contributed by atoms with Crippen LogP contribution in [0.1, 0.15) is 24.1 Å². The number of carbonyl (C=O) groups is 2. The lowest BCUT2D eigenvalue weighted by molar-refractivity contribution is -0.139. The van der Waals surface area contributed by atoms with Gasteiger partial charge in [-0.2, -0.15) is 0 Å². The number of esters is 1. The largest absolute Gasteiger partial charge is 0.463 e. The second-order valence-electron chi connectivity index (χ2n) is 7.79. The predicted octanol–water partition coefficient (Wildman–Crippen LogP) is 3.06. The first-order chi connectivity index (χ1) is 14.9. The van der Waals surface area contributed by atoms with Gasteiger partial charge in [0.05, 0.1) is 18.2 Å². The number of anilines is 1. The van der Waals surface area contributed by atoms with Crippen molar-refractivity contribution in [1.29, 1.82) is 0 Å². The first kappa shape index (κ1) is 22.4. The summed E-state index contributed by atoms with van der Waals surface area (Å²) in [6.45, 7) is 3.11. The van der Waals surface area contributed by atoms with Crippen LogP contribution in [0, 0.1) is 0 Å². The van der Waals surface area contributed by atoms with E-state index in [4.69, 9.17) is 4.74 Å². The van der Waals surface area contributed by atoms with Gasteiger partial charge in [-0.05, 0) is 37.2 Å². The van der Waals surface area contributed by atoms with Crippen LogP contribution >= 0.6 is 0 Å². The van der Waals surface area contributed by atoms with Gasteiger partial charge in [0.15, 0.2) is 0 Å². The quantitative estimate of drug-likeness (QED) is 0.640. The summed E-state index contributed by atoms with van der Waals surface area (Å²) in [6, 6.07) is 16.9. The van der Waals surface area contributed by atoms with Crippen LogP contribution in [0.15, 0.2) is 65.9 Å². The van der Waals surface area contributed by atoms with Gasteiger partial charge in [0, 0.05) is 38.6 Å². The summed E-state index contributed by atoms with van der Waals surface area (Å²) in [6.07, 6.45) is 0. The van der Waals surface area contributed by atoms with E-state index in [0.717, 1.165) is 16.8 Å². The smallest absolute Gasteiger partial charge is 0.338 e. The minimum atomic E-state index is -0.559. The third kappa shape index (κ3) is 5.64. The highest BCUT2D eigenvalue weighted by Crippen LogP contribution is 2.28. The number of nitrogens with one attached hydrogen (secondary N) is 2. The lowest BCUT2D eigenvalue weighted by Crippen LogP contribution is -2.48. The second kappa shape index (κ2) is 10.1. The first-order valence-electron chi connectivity index (χ1n) is 10.4. The fourth-order valence-electron chi connectivity index (χ4n) is 3.63. The molecular weight excluding hydrogens is 392 g/mol. The Balaban J connectivity index is 1.86. The predicted molar refractivity (Wildman–Crippen MR) is 122 cm³/mol. The maximum atomic E-state index is 12.8. The van der Waals surface area contributed by atoms with Crippen molar-refractivity contribution in [3.05, 3.63) is 77.0 Å². The Hall–Kier alpha value is -3.32. The molecule has 1 atom stereocenters. The molecule has 31 heavy (non-hydrogen) atoms. The number of benzene rings is 2. The lowest BCUT2D eigenvalue weighted by atomic mass is 9.95. The van der Waals surface area contributed by atoms with Crippen LogP contribution in [-0.4, -0.2) is 51.2 Å². The summed E-state index contributed by atoms with van der Waals surface area (Å²) < 4.78 is 5.32. The molecule has 7 heteroatoms. The standard InChI is InChI=1S/C24H30N4O3/c1-5-31-23(29)21-20(25-24(30)26-22(21)18-9-7-6-8-10-18)16-28(4)15-17-11-13-19(14-12-17)27(2)3/h6-14,22H,5,15-16H2,1-4H3,(H2,25,26,30). The van der Waals surface area contributed by atoms with E-state index in [2.05, 4.69) is 44.7 Å². The van der Waals surface area contributed by atoms with E-state index in [0.29, 0.717) is 24.4 Å². The highest BCUT2D eigenvalue weighted by Gasteiger charge is 2.33. The Kier molecular flexibility index (Phi) is 7.31. The molecular formula is C24H30N4O3. The molecule has 7 nitrogen and oxygen atoms in total. The third-order valence-electron chi connectivity index (χ3n) is 5.12. The molecule has 0 saturated heterocycles. The molecule has 0 aromatic heterocycles. The zero-order chi connectivity index (χ0) is 22.4. The SMILES string of the molecule is CCOC(=O)C1=C(CN(C)Cc2ccc(N(C)C)cc2)NC(=O)NC1c1ccccc1. The molecule has 3 rings (SSSR count). The Morgan fingerprint density at radius 3 is 2.29 bits per heavy atom. The van der Waals surface area contributed by atoms with E-state index < -0.39 is 12.0 Å². The molecule has 0 spiro atoms. The van der Waals surface area contributed by atoms with Gasteiger partial charge in [-0.1, -0.05) is 42.5 Å². The maximum Gasteiger partial charge on any atom is 0.338 e. The molecule has 2 amide bonds. The minimum absolute atomic E-state index is 0.263. The molecule has 1 aliphatic heterocycles. The van der Waals surface area contributed by atoms with Gasteiger partial charge < -0.3 is 20.3 Å². The zero-order valence-electron chi connectivity index (χ0n) is 18.5. The topological polar surface area (TPSA) is 73.9 Å². The number of nitrogens with zero attached hydrogens (tertiary/aromatic N) is 2. The molecule has 2 aromatic carbocycles. The summed E-state index contributed by atoms with van der Waals surface area (Å²) in [5.41, 5.74) is 4.10. The van der Waals surface area contributed by atoms with Crippen LogP contribution in [-0.2, 0) is 16.1 Å². The summed E-state index contributed by atoms with van der Waals surface area (Å²) in [4.78, 5) is 29.4. The molecule has 0 saturated carbocycles. The van der Waals surface area contributed by atoms with Crippen LogP contribution in [0.2, 0.25) is 0 Å². The van der Waals surface area contributed by atoms with Crippen molar-refractivity contribution >= 4 is 17.7 Å². The third-order valence-corrected chi connectivity index (χ3v) is 5.12. The minimum Gasteiger partial charge on any atom is -0.463 e. The molecule has 1 unspecified atom stereocenters. The Morgan fingerprint density at radius 1 is 1.00 bits per heavy atom. The van der Waals surface area contributed by atoms with Gasteiger partial charge in [0.2, 0.25) is 0 Å². The van der Waals surface area contributed by atoms with Crippen molar-refractivity contribution in [2.24, 2.45) is 0 Å². The van der Waals surface area contributed by atoms with Crippen molar-refractivity contribution in [2.75, 3.05) is 39.2 Å². The van der Waals surface area contributed by atoms with Crippen molar-refractivity contribution in [3.8, 4) is 0 Å². The number of hydrogen-bond donors (Lipinski definition) is 2. The number of likely N-dealkylation sites (N-methyl/N-ethyl adjacent to an activating group) is 1. The first-order valence-corrected chi connectivity index (χ1v) is 10.4. The van der Waals surface area contributed by atoms with E-state index in [1.807, 2.05) is 51.5 Å². The average molecular weight is 423 g/mol. The van der Waals surface area contributed by atoms with E-state index in [1.54, 1.807) is 6.92 Å². The van der Waals surface area contributed by atoms with Crippen LogP contribution in [0.25, 0.3) is 0 Å². The van der Waals surface area contributed by atoms with Crippen LogP contribution in [0.3, 0.4) is 0 Å². The number of urea groups is 1. The second-order valence-corrected chi connectivity index (χ2v) is 7.79. The molecule has 2 aromatic rings. The molecule has 1 heterocycles. The van der Waals surface area contributed by atoms with Gasteiger partial charge in [-0.25, -0.2) is 9.59 Å². The molecule has 0 bridgehead atoms. The Morgan fingerprint density at radius 2 is 1.68 bits per heavy atom. The highest BCUT2D eigenvalue weighted by molar-refractivity contribution is 5.95. The van der Waals surface area contributed by atoms with E-state index in [-0.39, 0.29) is 12.6 Å². The molecule has 2 N–H and O–H groups in total. The lowest BCUT2D eigenvalue weighted by Gasteiger charge is -2.31. The number of hydrogen-bond acceptors (Lipinski definition) is 5. The molecule has 0 aliphatic carbocycles. The summed E-state index contributed by atoms with van der Waals surface area (Å²) in [7, 11) is 5.97. The van der Waals surface area contributed by atoms with Gasteiger partial charge in [0.25, 0.3) is 0 Å².